The molecule has 115 heavy (non-hydrogen) atoms. The fourth-order valence-corrected chi connectivity index (χ4v) is 11.8. The summed E-state index contributed by atoms with van der Waals surface area (Å²) in [7, 11) is 0.137. The number of carbonyl (C=O) groups is 3. The molecule has 0 saturated carbocycles. The molecule has 41 heteroatoms. The zero-order valence-electron chi connectivity index (χ0n) is 60.5. The van der Waals surface area contributed by atoms with Crippen LogP contribution in [0.3, 0.4) is 0 Å². The molecule has 13 rings (SSSR count). The number of aliphatic hydroxyl groups excluding tert-OH is 1. The highest BCUT2D eigenvalue weighted by Gasteiger charge is 2.33. The van der Waals surface area contributed by atoms with Crippen LogP contribution >= 0.6 is 0 Å². The Hall–Kier alpha value is -14.2. The monoisotopic (exact) mass is 1640 g/mol. The number of fused-ring (bicyclic) bond motifs is 2. The van der Waals surface area contributed by atoms with Gasteiger partial charge in [-0.25, -0.2) is 41.3 Å². The van der Waals surface area contributed by atoms with E-state index in [-0.39, 0.29) is 75.5 Å². The number of nitrogens with zero attached hydrogens (tertiary/aromatic N) is 9. The molecule has 3 N–H and O–H groups in total. The Morgan fingerprint density at radius 3 is 1.55 bits per heavy atom. The van der Waals surface area contributed by atoms with Gasteiger partial charge in [-0.05, 0) is 125 Å². The number of oxazole rings is 4. The minimum Gasteiger partial charge on any atom is -0.497 e. The summed E-state index contributed by atoms with van der Waals surface area (Å²) >= 11 is 0. The summed E-state index contributed by atoms with van der Waals surface area (Å²) < 4.78 is 219. The number of carboxylic acids is 1. The van der Waals surface area contributed by atoms with Gasteiger partial charge in [0.25, 0.3) is 15.9 Å². The van der Waals surface area contributed by atoms with Crippen LogP contribution in [0.25, 0.3) is 54.5 Å². The Labute approximate surface area is 645 Å². The zero-order chi connectivity index (χ0) is 83.7. The maximum Gasteiger partial charge on any atom is 0.416 e. The van der Waals surface area contributed by atoms with Crippen LogP contribution in [0.2, 0.25) is 0 Å². The topological polar surface area (TPSA) is 424 Å². The van der Waals surface area contributed by atoms with Crippen LogP contribution in [0, 0.1) is 36.0 Å². The van der Waals surface area contributed by atoms with Crippen LogP contribution in [0.5, 0.6) is 40.2 Å². The number of azide groups is 1. The van der Waals surface area contributed by atoms with Crippen LogP contribution in [-0.4, -0.2) is 117 Å². The second-order valence-electron chi connectivity index (χ2n) is 22.5. The first-order valence-corrected chi connectivity index (χ1v) is 35.0. The quantitative estimate of drug-likeness (QED) is 0.00879. The van der Waals surface area contributed by atoms with Crippen LogP contribution in [-0.2, 0) is 55.5 Å². The zero-order valence-corrected chi connectivity index (χ0v) is 62.1. The molecule has 7 aromatic carbocycles. The van der Waals surface area contributed by atoms with Crippen LogP contribution < -0.4 is 37.3 Å². The standard InChI is InChI=1S/C23H11F8NO4S.C20H17N3O4S.C14H15NO5.C9H12O3.C4H2N4O2.C4H3NO3/c1-35-15-9-11(23(29,30)31)2-4-14(15)21-13-5-3-12(8-10(13)6-7-32-21)37(33,34)36-22-19(27)17(25)16(24)18(26)20(22)28;1-13-3-5-17(18(9-13)26-2)20-16-6-4-15(10-14(16)7-8-21-20)28(24,25)23-19-11-27-12-22-19;1-17-12-4-3-10(13(6-12)18-2)7-20-14(16)5-11-8-19-9-15-11;1-11-8-4-3-7(6-10)9(5-8)12-2;5-8-7-4(9)3-1-10-2-6-3;6-4(7)3-1-8-2-5-3/h2-9H,1H3;3-12,23H,1-2H3;3-4,6,8-9H,5,7H2,1-2H3;3-5,10H,6H2,1-2H3;1-2H;1-2H,(H,6,7). The molecule has 0 aliphatic rings. The Balaban J connectivity index is 0.000000187. The van der Waals surface area contributed by atoms with Gasteiger partial charge >= 0.3 is 28.2 Å². The average molecular weight is 1640 g/mol. The van der Waals surface area contributed by atoms with Crippen molar-refractivity contribution in [2.24, 2.45) is 5.11 Å². The van der Waals surface area contributed by atoms with Crippen molar-refractivity contribution in [1.29, 1.82) is 0 Å². The Morgan fingerprint density at radius 1 is 0.548 bits per heavy atom. The fourth-order valence-electron chi connectivity index (χ4n) is 9.76. The van der Waals surface area contributed by atoms with E-state index in [2.05, 4.69) is 57.7 Å². The number of rotatable bonds is 21. The number of hydrogen-bond acceptors (Lipinski definition) is 26. The van der Waals surface area contributed by atoms with E-state index in [9.17, 15) is 66.3 Å². The normalized spacial score (nSPS) is 10.8. The SMILES string of the molecule is COc1cc(C(F)(F)F)ccc1-c1nccc2cc(S(=O)(=O)Oc3c(F)c(F)c(F)c(F)c3F)ccc12.COc1cc(C)ccc1-c1nccc2cc(S(=O)(=O)Nc3cocn3)ccc12.COc1ccc(CO)c(OC)c1.COc1ccc(COC(=O)Cc2cocn2)c(OC)c1.O=C(O)c1cocn1.[N-]=[N+]=NC(=O)c1cocn1. The fraction of sp³-hybridized carbons (Fsp3) is 0.149. The molecule has 0 bridgehead atoms. The predicted octanol–water partition coefficient (Wildman–Crippen LogP) is 15.1. The number of ether oxygens (including phenoxy) is 7. The van der Waals surface area contributed by atoms with Gasteiger partial charge in [-0.3, -0.25) is 24.3 Å². The smallest absolute Gasteiger partial charge is 0.416 e. The highest BCUT2D eigenvalue weighted by atomic mass is 32.2. The molecular formula is C74H60F8N10O21S2. The number of nitrogens with one attached hydrogen (secondary N) is 1. The lowest BCUT2D eigenvalue weighted by Crippen LogP contribution is -2.14. The highest BCUT2D eigenvalue weighted by Crippen LogP contribution is 2.41. The first-order valence-electron chi connectivity index (χ1n) is 32.1. The van der Waals surface area contributed by atoms with Gasteiger partial charge in [0.1, 0.15) is 71.1 Å². The summed E-state index contributed by atoms with van der Waals surface area (Å²) in [4.78, 5) is 56.9. The predicted molar refractivity (Wildman–Crippen MR) is 387 cm³/mol. The molecule has 13 aromatic rings. The molecule has 0 saturated heterocycles. The first-order chi connectivity index (χ1) is 54.9. The summed E-state index contributed by atoms with van der Waals surface area (Å²) in [5.74, 6) is -13.1. The maximum atomic E-state index is 13.9. The number of alkyl halides is 3. The van der Waals surface area contributed by atoms with Crippen molar-refractivity contribution in [2.75, 3.05) is 47.4 Å². The van der Waals surface area contributed by atoms with E-state index in [0.717, 1.165) is 114 Å². The second kappa shape index (κ2) is 39.6. The molecule has 0 radical (unpaired) electrons. The second-order valence-corrected chi connectivity index (χ2v) is 25.7. The largest absolute Gasteiger partial charge is 0.497 e. The Bertz CT molecular complexity index is 5800. The average Bonchev–Trinajstić information content (AvgIpc) is 0.979. The van der Waals surface area contributed by atoms with Crippen LogP contribution in [0.1, 0.15) is 48.9 Å². The van der Waals surface area contributed by atoms with Gasteiger partial charge < -0.3 is 65.2 Å². The number of carbonyl (C=O) groups excluding carboxylic acids is 2. The number of sulfonamides is 1. The van der Waals surface area contributed by atoms with E-state index >= 15 is 0 Å². The van der Waals surface area contributed by atoms with Crippen LogP contribution in [0.4, 0.5) is 40.9 Å². The molecule has 6 heterocycles. The molecule has 0 spiro atoms. The van der Waals surface area contributed by atoms with Crippen molar-refractivity contribution in [3.63, 3.8) is 0 Å². The van der Waals surface area contributed by atoms with Gasteiger partial charge in [0.2, 0.25) is 34.8 Å². The number of esters is 1. The Kier molecular flexibility index (Phi) is 29.8. The molecule has 0 unspecified atom stereocenters. The minimum atomic E-state index is -5.11. The molecule has 0 aliphatic heterocycles. The number of aryl methyl sites for hydroxylation is 1. The summed E-state index contributed by atoms with van der Waals surface area (Å²) in [5.41, 5.74) is 11.7. The molecule has 31 nitrogen and oxygen atoms in total. The number of pyridine rings is 2. The number of hydrogen-bond donors (Lipinski definition) is 3. The van der Waals surface area contributed by atoms with Gasteiger partial charge in [-0.15, -0.1) is 0 Å². The van der Waals surface area contributed by atoms with Gasteiger partial charge in [0, 0.05) is 62.5 Å². The van der Waals surface area contributed by atoms with Crippen LogP contribution in [0.15, 0.2) is 217 Å². The van der Waals surface area contributed by atoms with Crippen molar-refractivity contribution in [2.45, 2.75) is 42.5 Å². The van der Waals surface area contributed by atoms with Gasteiger partial charge in [-0.2, -0.15) is 35.4 Å². The lowest BCUT2D eigenvalue weighted by molar-refractivity contribution is -0.144. The van der Waals surface area contributed by atoms with E-state index < -0.39 is 83.5 Å². The molecule has 6 aromatic heterocycles. The minimum absolute atomic E-state index is 0.0119. The number of aromatic nitrogens is 6. The first kappa shape index (κ1) is 86.4. The lowest BCUT2D eigenvalue weighted by Gasteiger charge is -2.14. The number of carboxylic acid groups (broad SMARTS) is 1. The highest BCUT2D eigenvalue weighted by molar-refractivity contribution is 7.92. The van der Waals surface area contributed by atoms with Gasteiger partial charge in [-0.1, -0.05) is 18.2 Å². The Morgan fingerprint density at radius 2 is 1.05 bits per heavy atom. The van der Waals surface area contributed by atoms with E-state index in [1.165, 1.54) is 43.3 Å². The summed E-state index contributed by atoms with van der Waals surface area (Å²) in [6.07, 6.45) is 7.70. The number of amides is 1. The summed E-state index contributed by atoms with van der Waals surface area (Å²) in [6, 6.07) is 30.1. The number of methoxy groups -OCH3 is 6. The third-order valence-electron chi connectivity index (χ3n) is 15.3. The van der Waals surface area contributed by atoms with Crippen molar-refractivity contribution in [1.82, 2.24) is 29.9 Å². The molecular weight excluding hydrogens is 1580 g/mol. The number of aromatic carboxylic acids is 1. The number of anilines is 1. The van der Waals surface area contributed by atoms with Crippen molar-refractivity contribution < 1.29 is 132 Å². The molecule has 0 fully saturated rings. The van der Waals surface area contributed by atoms with Gasteiger partial charge in [0.15, 0.2) is 42.8 Å². The third-order valence-corrected chi connectivity index (χ3v) is 17.9. The van der Waals surface area contributed by atoms with E-state index in [1.807, 2.05) is 25.1 Å². The van der Waals surface area contributed by atoms with Gasteiger partial charge in [0.05, 0.1) is 83.2 Å². The third kappa shape index (κ3) is 22.5. The van der Waals surface area contributed by atoms with E-state index in [4.69, 9.17) is 57.7 Å². The number of aliphatic hydroxyl groups is 1. The summed E-state index contributed by atoms with van der Waals surface area (Å²) in [5, 5.41) is 21.8. The van der Waals surface area contributed by atoms with Crippen molar-refractivity contribution in [3.05, 3.63) is 263 Å². The summed E-state index contributed by atoms with van der Waals surface area (Å²) in [6.45, 7) is 2.10. The van der Waals surface area contributed by atoms with Crippen molar-refractivity contribution >= 4 is 65.3 Å². The lowest BCUT2D eigenvalue weighted by atomic mass is 10.0. The number of benzene rings is 7. The number of halogens is 8. The molecule has 600 valence electrons. The molecule has 0 aliphatic carbocycles. The molecule has 0 atom stereocenters. The molecule has 1 amide bonds. The van der Waals surface area contributed by atoms with E-state index in [0.29, 0.717) is 28.7 Å². The van der Waals surface area contributed by atoms with Crippen molar-refractivity contribution in [3.8, 4) is 62.8 Å². The maximum absolute atomic E-state index is 13.9. The van der Waals surface area contributed by atoms with E-state index in [1.54, 1.807) is 96.3 Å².